The van der Waals surface area contributed by atoms with Crippen molar-refractivity contribution in [3.05, 3.63) is 40.0 Å². The summed E-state index contributed by atoms with van der Waals surface area (Å²) in [4.78, 5) is 25.1. The maximum absolute atomic E-state index is 12.7. The highest BCUT2D eigenvalue weighted by molar-refractivity contribution is 6.52. The van der Waals surface area contributed by atoms with Gasteiger partial charge in [-0.2, -0.15) is 0 Å². The summed E-state index contributed by atoms with van der Waals surface area (Å²) in [5.74, 6) is -1.69. The average molecular weight is 346 g/mol. The van der Waals surface area contributed by atoms with Crippen LogP contribution >= 0.6 is 0 Å². The number of carbonyl (C=O) groups is 2. The summed E-state index contributed by atoms with van der Waals surface area (Å²) >= 11 is 0. The number of aliphatic hydroxyl groups excluding tert-OH is 2. The topological polar surface area (TPSA) is 94.8 Å². The highest BCUT2D eigenvalue weighted by atomic mass is 16.3. The fourth-order valence-corrected chi connectivity index (χ4v) is 3.19. The molecule has 3 N–H and O–H groups in total. The molecule has 0 saturated heterocycles. The molecule has 1 aliphatic carbocycles. The molecule has 0 bridgehead atoms. The van der Waals surface area contributed by atoms with Crippen molar-refractivity contribution >= 4 is 17.3 Å². The lowest BCUT2D eigenvalue weighted by Gasteiger charge is -2.26. The van der Waals surface area contributed by atoms with Gasteiger partial charge in [-0.1, -0.05) is 26.0 Å². The van der Waals surface area contributed by atoms with Crippen LogP contribution in [0.5, 0.6) is 0 Å². The molecule has 1 atom stereocenters. The van der Waals surface area contributed by atoms with Gasteiger partial charge in [0.15, 0.2) is 0 Å². The number of aryl methyl sites for hydroxylation is 1. The zero-order chi connectivity index (χ0) is 19.1. The summed E-state index contributed by atoms with van der Waals surface area (Å²) in [7, 11) is 0. The van der Waals surface area contributed by atoms with E-state index in [9.17, 15) is 24.9 Å². The molecule has 1 aromatic rings. The third kappa shape index (κ3) is 3.53. The van der Waals surface area contributed by atoms with E-state index < -0.39 is 23.3 Å². The molecule has 0 heterocycles. The Bertz CT molecular complexity index is 750. The Morgan fingerprint density at radius 2 is 1.72 bits per heavy atom. The first-order chi connectivity index (χ1) is 11.5. The van der Waals surface area contributed by atoms with E-state index in [1.807, 2.05) is 6.92 Å². The minimum Gasteiger partial charge on any atom is -0.507 e. The van der Waals surface area contributed by atoms with E-state index in [2.05, 4.69) is 0 Å². The molecule has 5 nitrogen and oxygen atoms in total. The van der Waals surface area contributed by atoms with Crippen molar-refractivity contribution in [1.82, 2.24) is 0 Å². The van der Waals surface area contributed by atoms with Crippen LogP contribution in [0.2, 0.25) is 0 Å². The zero-order valence-electron chi connectivity index (χ0n) is 15.4. The van der Waals surface area contributed by atoms with Crippen molar-refractivity contribution in [2.75, 3.05) is 0 Å². The minimum atomic E-state index is -1.25. The normalized spacial score (nSPS) is 16.5. The maximum Gasteiger partial charge on any atom is 0.234 e. The van der Waals surface area contributed by atoms with Gasteiger partial charge in [0.2, 0.25) is 11.6 Å². The number of aliphatic hydroxyl groups is 3. The number of fused-ring (bicyclic) bond motifs is 1. The van der Waals surface area contributed by atoms with Crippen molar-refractivity contribution in [3.63, 3.8) is 0 Å². The smallest absolute Gasteiger partial charge is 0.234 e. The van der Waals surface area contributed by atoms with E-state index >= 15 is 0 Å². The van der Waals surface area contributed by atoms with Gasteiger partial charge in [0.1, 0.15) is 5.76 Å². The lowest BCUT2D eigenvalue weighted by molar-refractivity contribution is -0.112. The summed E-state index contributed by atoms with van der Waals surface area (Å²) in [5.41, 5.74) is 0.914. The van der Waals surface area contributed by atoms with Crippen LogP contribution in [0, 0.1) is 12.8 Å². The van der Waals surface area contributed by atoms with Gasteiger partial charge in [0, 0.05) is 16.7 Å². The molecule has 0 saturated carbocycles. The second-order valence-corrected chi connectivity index (χ2v) is 7.57. The number of rotatable bonds is 5. The fourth-order valence-electron chi connectivity index (χ4n) is 3.19. The first kappa shape index (κ1) is 19.3. The number of carbonyl (C=O) groups excluding carboxylic acids is 2. The number of Topliss-reactive ketones (excluding diaryl/α,β-unsaturated/α-hetero) is 2. The second kappa shape index (κ2) is 6.73. The molecule has 5 heteroatoms. The van der Waals surface area contributed by atoms with Crippen molar-refractivity contribution < 1.29 is 24.9 Å². The molecule has 0 amide bonds. The van der Waals surface area contributed by atoms with Crippen LogP contribution < -0.4 is 0 Å². The largest absolute Gasteiger partial charge is 0.507 e. The molecule has 1 aliphatic rings. The van der Waals surface area contributed by atoms with Crippen LogP contribution in [0.3, 0.4) is 0 Å². The molecule has 1 unspecified atom stereocenters. The second-order valence-electron chi connectivity index (χ2n) is 7.57. The quantitative estimate of drug-likeness (QED) is 0.713. The van der Waals surface area contributed by atoms with E-state index in [0.717, 1.165) is 5.56 Å². The van der Waals surface area contributed by atoms with Gasteiger partial charge < -0.3 is 15.3 Å². The van der Waals surface area contributed by atoms with Crippen LogP contribution in [0.15, 0.2) is 17.7 Å². The Labute approximate surface area is 148 Å². The Morgan fingerprint density at radius 1 is 1.12 bits per heavy atom. The maximum atomic E-state index is 12.7. The zero-order valence-corrected chi connectivity index (χ0v) is 15.4. The first-order valence-electron chi connectivity index (χ1n) is 8.52. The third-order valence-electron chi connectivity index (χ3n) is 4.80. The van der Waals surface area contributed by atoms with Crippen LogP contribution in [0.1, 0.15) is 61.2 Å². The number of ketones is 2. The van der Waals surface area contributed by atoms with Crippen molar-refractivity contribution in [1.29, 1.82) is 0 Å². The Kier molecular flexibility index (Phi) is 5.21. The average Bonchev–Trinajstić information content (AvgIpc) is 2.49. The highest BCUT2D eigenvalue weighted by Crippen LogP contribution is 2.35. The molecule has 0 fully saturated rings. The third-order valence-corrected chi connectivity index (χ3v) is 4.80. The molecular formula is C20H26O5. The minimum absolute atomic E-state index is 0.140. The van der Waals surface area contributed by atoms with Crippen molar-refractivity contribution in [2.24, 2.45) is 5.92 Å². The van der Waals surface area contributed by atoms with Crippen LogP contribution in [0.25, 0.3) is 5.76 Å². The number of hydrogen-bond donors (Lipinski definition) is 3. The van der Waals surface area contributed by atoms with E-state index in [1.54, 1.807) is 26.0 Å². The molecule has 0 aliphatic heterocycles. The molecule has 0 spiro atoms. The van der Waals surface area contributed by atoms with Crippen LogP contribution in [0.4, 0.5) is 0 Å². The fraction of sp³-hybridized carbons (Fsp3) is 0.500. The summed E-state index contributed by atoms with van der Waals surface area (Å²) in [5, 5.41) is 30.5. The predicted octanol–water partition coefficient (Wildman–Crippen LogP) is 2.75. The molecule has 136 valence electrons. The first-order valence-corrected chi connectivity index (χ1v) is 8.52. The van der Waals surface area contributed by atoms with Crippen LogP contribution in [-0.2, 0) is 11.2 Å². The molecule has 1 aromatic carbocycles. The SMILES string of the molecule is Cc1ccc2c(c1CCC(O)C(C)(C)O)C(=O)C(=O)C(C(C)C)=C2O. The highest BCUT2D eigenvalue weighted by Gasteiger charge is 2.36. The molecule has 2 rings (SSSR count). The summed E-state index contributed by atoms with van der Waals surface area (Å²) in [6.45, 7) is 8.38. The molecular weight excluding hydrogens is 320 g/mol. The van der Waals surface area contributed by atoms with Gasteiger partial charge in [0.25, 0.3) is 0 Å². The van der Waals surface area contributed by atoms with E-state index in [4.69, 9.17) is 0 Å². The van der Waals surface area contributed by atoms with Gasteiger partial charge in [0.05, 0.1) is 11.7 Å². The summed E-state index contributed by atoms with van der Waals surface area (Å²) in [6, 6.07) is 3.45. The standard InChI is InChI=1S/C20H26O5/c1-10(2)15-17(22)13-7-6-11(3)12(16(13)19(24)18(15)23)8-9-14(21)20(4,5)25/h6-7,10,14,21-22,25H,8-9H2,1-5H3. The lowest BCUT2D eigenvalue weighted by Crippen LogP contribution is -2.36. The molecule has 0 radical (unpaired) electrons. The van der Waals surface area contributed by atoms with Crippen molar-refractivity contribution in [2.45, 2.75) is 59.2 Å². The van der Waals surface area contributed by atoms with Crippen LogP contribution in [-0.4, -0.2) is 38.6 Å². The molecule has 25 heavy (non-hydrogen) atoms. The van der Waals surface area contributed by atoms with E-state index in [1.165, 1.54) is 13.8 Å². The lowest BCUT2D eigenvalue weighted by atomic mass is 9.79. The summed E-state index contributed by atoms with van der Waals surface area (Å²) < 4.78 is 0. The number of hydrogen-bond acceptors (Lipinski definition) is 5. The Hall–Kier alpha value is -1.98. The van der Waals surface area contributed by atoms with Gasteiger partial charge in [-0.15, -0.1) is 0 Å². The number of allylic oxidation sites excluding steroid dienone is 1. The van der Waals surface area contributed by atoms with E-state index in [-0.39, 0.29) is 29.2 Å². The monoisotopic (exact) mass is 346 g/mol. The van der Waals surface area contributed by atoms with Gasteiger partial charge in [-0.3, -0.25) is 9.59 Å². The summed E-state index contributed by atoms with van der Waals surface area (Å²) in [6.07, 6.45) is -0.403. The van der Waals surface area contributed by atoms with Gasteiger partial charge in [-0.25, -0.2) is 0 Å². The van der Waals surface area contributed by atoms with E-state index in [0.29, 0.717) is 17.5 Å². The number of benzene rings is 1. The molecule has 0 aromatic heterocycles. The van der Waals surface area contributed by atoms with Gasteiger partial charge >= 0.3 is 0 Å². The van der Waals surface area contributed by atoms with Gasteiger partial charge in [-0.05, 0) is 50.7 Å². The predicted molar refractivity (Wildman–Crippen MR) is 95.5 cm³/mol. The van der Waals surface area contributed by atoms with Crippen molar-refractivity contribution in [3.8, 4) is 0 Å². The Balaban J connectivity index is 2.53. The Morgan fingerprint density at radius 3 is 2.24 bits per heavy atom.